The number of carbonyl (C=O) groups excluding carboxylic acids is 2. The highest BCUT2D eigenvalue weighted by atomic mass is 19.4. The van der Waals surface area contributed by atoms with Gasteiger partial charge in [-0.25, -0.2) is 0 Å². The van der Waals surface area contributed by atoms with E-state index in [4.69, 9.17) is 5.73 Å². The summed E-state index contributed by atoms with van der Waals surface area (Å²) >= 11 is 0. The topological polar surface area (TPSA) is 72.2 Å². The van der Waals surface area contributed by atoms with Gasteiger partial charge in [-0.1, -0.05) is 48.5 Å². The fraction of sp³-hybridized carbons (Fsp3) is 0.200. The molecule has 0 saturated carbocycles. The van der Waals surface area contributed by atoms with E-state index in [1.54, 1.807) is 24.3 Å². The number of amides is 2. The maximum atomic E-state index is 13.1. The summed E-state index contributed by atoms with van der Waals surface area (Å²) in [6.45, 7) is 0. The third-order valence-corrected chi connectivity index (χ3v) is 5.85. The fourth-order valence-electron chi connectivity index (χ4n) is 4.40. The van der Waals surface area contributed by atoms with Crippen molar-refractivity contribution in [3.05, 3.63) is 94.5 Å². The standard InChI is InChI=1S/C25H18F6N2O2/c26-24(27,28)14-9-13(10-15(12-14)25(29,30)31)11-20(34)33-22(23(32)35)21-18-7-3-1-5-16(18)17-6-2-4-8-19(17)21/h1-10,12,21-22H,11H2,(H2,32,35)(H,33,34)/t22-/m0/s1. The van der Waals surface area contributed by atoms with Gasteiger partial charge in [0.05, 0.1) is 17.5 Å². The summed E-state index contributed by atoms with van der Waals surface area (Å²) in [5.41, 5.74) is 5.14. The molecule has 2 amide bonds. The van der Waals surface area contributed by atoms with Gasteiger partial charge in [0.2, 0.25) is 11.8 Å². The summed E-state index contributed by atoms with van der Waals surface area (Å²) in [6, 6.07) is 14.0. The van der Waals surface area contributed by atoms with Crippen molar-refractivity contribution in [3.63, 3.8) is 0 Å². The molecular weight excluding hydrogens is 474 g/mol. The lowest BCUT2D eigenvalue weighted by molar-refractivity contribution is -0.143. The second-order valence-corrected chi connectivity index (χ2v) is 8.19. The Morgan fingerprint density at radius 3 is 1.69 bits per heavy atom. The van der Waals surface area contributed by atoms with Crippen LogP contribution in [0.2, 0.25) is 0 Å². The number of primary amides is 1. The lowest BCUT2D eigenvalue weighted by Gasteiger charge is -2.24. The molecule has 182 valence electrons. The minimum Gasteiger partial charge on any atom is -0.368 e. The third-order valence-electron chi connectivity index (χ3n) is 5.85. The first-order chi connectivity index (χ1) is 16.4. The number of carbonyl (C=O) groups is 2. The highest BCUT2D eigenvalue weighted by Gasteiger charge is 2.39. The van der Waals surface area contributed by atoms with Crippen LogP contribution < -0.4 is 11.1 Å². The van der Waals surface area contributed by atoms with Crippen LogP contribution in [0.15, 0.2) is 66.7 Å². The summed E-state index contributed by atoms with van der Waals surface area (Å²) in [5.74, 6) is -2.51. The molecule has 1 aliphatic rings. The van der Waals surface area contributed by atoms with E-state index in [-0.39, 0.29) is 6.07 Å². The molecule has 0 aromatic heterocycles. The van der Waals surface area contributed by atoms with Gasteiger partial charge >= 0.3 is 12.4 Å². The number of halogens is 6. The fourth-order valence-corrected chi connectivity index (χ4v) is 4.40. The molecule has 0 saturated heterocycles. The lowest BCUT2D eigenvalue weighted by Crippen LogP contribution is -2.48. The van der Waals surface area contributed by atoms with Gasteiger partial charge in [0.1, 0.15) is 6.04 Å². The monoisotopic (exact) mass is 492 g/mol. The molecule has 0 radical (unpaired) electrons. The van der Waals surface area contributed by atoms with E-state index in [1.807, 2.05) is 24.3 Å². The van der Waals surface area contributed by atoms with Gasteiger partial charge in [-0.15, -0.1) is 0 Å². The van der Waals surface area contributed by atoms with Crippen molar-refractivity contribution in [3.8, 4) is 11.1 Å². The van der Waals surface area contributed by atoms with E-state index in [0.717, 1.165) is 22.3 Å². The van der Waals surface area contributed by atoms with Crippen LogP contribution in [0.5, 0.6) is 0 Å². The predicted octanol–water partition coefficient (Wildman–Crippen LogP) is 5.05. The SMILES string of the molecule is NC(=O)[C@@H](NC(=O)Cc1cc(C(F)(F)F)cc(C(F)(F)F)c1)C1c2ccccc2-c2ccccc21. The molecule has 3 aromatic carbocycles. The van der Waals surface area contributed by atoms with Crippen LogP contribution in [-0.2, 0) is 28.4 Å². The molecule has 3 N–H and O–H groups in total. The molecule has 3 aromatic rings. The number of nitrogens with two attached hydrogens (primary N) is 1. The molecule has 4 rings (SSSR count). The molecule has 4 nitrogen and oxygen atoms in total. The molecule has 0 spiro atoms. The zero-order chi connectivity index (χ0) is 25.5. The van der Waals surface area contributed by atoms with Crippen molar-refractivity contribution < 1.29 is 35.9 Å². The van der Waals surface area contributed by atoms with Crippen molar-refractivity contribution in [1.29, 1.82) is 0 Å². The maximum Gasteiger partial charge on any atom is 0.416 e. The summed E-state index contributed by atoms with van der Waals surface area (Å²) in [4.78, 5) is 25.1. The quantitative estimate of drug-likeness (QED) is 0.490. The van der Waals surface area contributed by atoms with Gasteiger partial charge in [0.25, 0.3) is 0 Å². The van der Waals surface area contributed by atoms with Crippen LogP contribution in [0.4, 0.5) is 26.3 Å². The minimum absolute atomic E-state index is 0.0139. The van der Waals surface area contributed by atoms with Gasteiger partial charge in [-0.05, 0) is 46.0 Å². The van der Waals surface area contributed by atoms with Gasteiger partial charge in [-0.3, -0.25) is 9.59 Å². The highest BCUT2D eigenvalue weighted by molar-refractivity contribution is 5.91. The zero-order valence-electron chi connectivity index (χ0n) is 17.9. The van der Waals surface area contributed by atoms with Crippen LogP contribution >= 0.6 is 0 Å². The first kappa shape index (κ1) is 24.3. The number of fused-ring (bicyclic) bond motifs is 3. The van der Waals surface area contributed by atoms with Crippen LogP contribution in [0.25, 0.3) is 11.1 Å². The molecule has 0 unspecified atom stereocenters. The van der Waals surface area contributed by atoms with E-state index in [9.17, 15) is 35.9 Å². The maximum absolute atomic E-state index is 13.1. The highest BCUT2D eigenvalue weighted by Crippen LogP contribution is 2.46. The summed E-state index contributed by atoms with van der Waals surface area (Å²) in [6.07, 6.45) is -10.9. The summed E-state index contributed by atoms with van der Waals surface area (Å²) in [5, 5.41) is 2.43. The number of hydrogen-bond donors (Lipinski definition) is 2. The second-order valence-electron chi connectivity index (χ2n) is 8.19. The molecule has 35 heavy (non-hydrogen) atoms. The van der Waals surface area contributed by atoms with Gasteiger partial charge in [0.15, 0.2) is 0 Å². The largest absolute Gasteiger partial charge is 0.416 e. The number of rotatable bonds is 5. The van der Waals surface area contributed by atoms with Crippen molar-refractivity contribution >= 4 is 11.8 Å². The summed E-state index contributed by atoms with van der Waals surface area (Å²) < 4.78 is 78.9. The average Bonchev–Trinajstić information content (AvgIpc) is 3.10. The number of nitrogens with one attached hydrogen (secondary N) is 1. The van der Waals surface area contributed by atoms with Crippen LogP contribution in [-0.4, -0.2) is 17.9 Å². The lowest BCUT2D eigenvalue weighted by atomic mass is 9.88. The normalized spacial score (nSPS) is 14.2. The zero-order valence-corrected chi connectivity index (χ0v) is 17.9. The van der Waals surface area contributed by atoms with Crippen LogP contribution in [0.1, 0.15) is 33.7 Å². The first-order valence-electron chi connectivity index (χ1n) is 10.4. The van der Waals surface area contributed by atoms with Crippen molar-refractivity contribution in [2.75, 3.05) is 0 Å². The van der Waals surface area contributed by atoms with Crippen LogP contribution in [0.3, 0.4) is 0 Å². The Balaban J connectivity index is 1.65. The molecule has 0 aliphatic heterocycles. The van der Waals surface area contributed by atoms with E-state index < -0.39 is 59.2 Å². The van der Waals surface area contributed by atoms with E-state index in [0.29, 0.717) is 12.1 Å². The minimum atomic E-state index is -5.04. The Morgan fingerprint density at radius 1 is 0.800 bits per heavy atom. The molecule has 1 atom stereocenters. The number of alkyl halides is 6. The van der Waals surface area contributed by atoms with Gasteiger partial charge in [-0.2, -0.15) is 26.3 Å². The van der Waals surface area contributed by atoms with Crippen molar-refractivity contribution in [2.24, 2.45) is 5.73 Å². The smallest absolute Gasteiger partial charge is 0.368 e. The predicted molar refractivity (Wildman–Crippen MR) is 115 cm³/mol. The summed E-state index contributed by atoms with van der Waals surface area (Å²) in [7, 11) is 0. The third kappa shape index (κ3) is 4.87. The molecule has 0 bridgehead atoms. The first-order valence-corrected chi connectivity index (χ1v) is 10.4. The Morgan fingerprint density at radius 2 is 1.26 bits per heavy atom. The Kier molecular flexibility index (Phi) is 6.08. The van der Waals surface area contributed by atoms with Gasteiger partial charge in [0, 0.05) is 5.92 Å². The molecular formula is C25H18F6N2O2. The van der Waals surface area contributed by atoms with Crippen molar-refractivity contribution in [1.82, 2.24) is 5.32 Å². The molecule has 10 heteroatoms. The van der Waals surface area contributed by atoms with E-state index in [2.05, 4.69) is 5.32 Å². The van der Waals surface area contributed by atoms with E-state index in [1.165, 1.54) is 0 Å². The Bertz CT molecular complexity index is 1220. The number of hydrogen-bond acceptors (Lipinski definition) is 2. The second kappa shape index (κ2) is 8.75. The van der Waals surface area contributed by atoms with Gasteiger partial charge < -0.3 is 11.1 Å². The Hall–Kier alpha value is -3.82. The molecule has 0 fully saturated rings. The number of benzene rings is 3. The molecule has 1 aliphatic carbocycles. The molecule has 0 heterocycles. The Labute approximate surface area is 195 Å². The average molecular weight is 492 g/mol. The van der Waals surface area contributed by atoms with E-state index >= 15 is 0 Å². The van der Waals surface area contributed by atoms with Crippen molar-refractivity contribution in [2.45, 2.75) is 30.7 Å². The van der Waals surface area contributed by atoms with Crippen LogP contribution in [0, 0.1) is 0 Å².